The number of nitrogens with one attached hydrogen (secondary N) is 1. The third kappa shape index (κ3) is 6.82. The average Bonchev–Trinajstić information content (AvgIpc) is 2.77. The number of nitrogens with zero attached hydrogens (tertiary/aromatic N) is 1. The number of rotatable bonds is 9. The Morgan fingerprint density at radius 2 is 1.23 bits per heavy atom. The summed E-state index contributed by atoms with van der Waals surface area (Å²) in [7, 11) is 0. The van der Waals surface area contributed by atoms with Crippen molar-refractivity contribution in [2.45, 2.75) is 45.3 Å². The van der Waals surface area contributed by atoms with Gasteiger partial charge in [-0.1, -0.05) is 91.0 Å². The SMILES string of the molecule is CC(C)NC(=O)C(Cc1ccccc1)N(Cc1ccccc1)C(=O)Cc1ccccc1. The minimum Gasteiger partial charge on any atom is -0.352 e. The maximum Gasteiger partial charge on any atom is 0.243 e. The minimum absolute atomic E-state index is 0.00595. The van der Waals surface area contributed by atoms with Gasteiger partial charge in [-0.15, -0.1) is 0 Å². The van der Waals surface area contributed by atoms with E-state index in [0.717, 1.165) is 16.7 Å². The molecule has 0 aliphatic rings. The first-order chi connectivity index (χ1) is 15.0. The molecule has 0 spiro atoms. The van der Waals surface area contributed by atoms with E-state index in [1.54, 1.807) is 4.90 Å². The summed E-state index contributed by atoms with van der Waals surface area (Å²) in [4.78, 5) is 28.5. The molecule has 3 rings (SSSR count). The van der Waals surface area contributed by atoms with Crippen LogP contribution in [0, 0.1) is 0 Å². The number of benzene rings is 3. The highest BCUT2D eigenvalue weighted by molar-refractivity contribution is 5.89. The van der Waals surface area contributed by atoms with E-state index < -0.39 is 6.04 Å². The number of hydrogen-bond donors (Lipinski definition) is 1. The molecule has 1 N–H and O–H groups in total. The van der Waals surface area contributed by atoms with Crippen molar-refractivity contribution in [1.29, 1.82) is 0 Å². The van der Waals surface area contributed by atoms with Gasteiger partial charge in [0.1, 0.15) is 6.04 Å². The van der Waals surface area contributed by atoms with Gasteiger partial charge in [-0.05, 0) is 30.5 Å². The second-order valence-corrected chi connectivity index (χ2v) is 8.04. The molecular weight excluding hydrogens is 384 g/mol. The van der Waals surface area contributed by atoms with Crippen molar-refractivity contribution in [2.75, 3.05) is 0 Å². The van der Waals surface area contributed by atoms with E-state index >= 15 is 0 Å². The van der Waals surface area contributed by atoms with E-state index in [2.05, 4.69) is 5.32 Å². The van der Waals surface area contributed by atoms with Crippen LogP contribution < -0.4 is 5.32 Å². The smallest absolute Gasteiger partial charge is 0.243 e. The molecule has 0 bridgehead atoms. The van der Waals surface area contributed by atoms with Gasteiger partial charge < -0.3 is 10.2 Å². The van der Waals surface area contributed by atoms with Crippen molar-refractivity contribution >= 4 is 11.8 Å². The van der Waals surface area contributed by atoms with E-state index in [0.29, 0.717) is 13.0 Å². The fraction of sp³-hybridized carbons (Fsp3) is 0.259. The summed E-state index contributed by atoms with van der Waals surface area (Å²) < 4.78 is 0. The first-order valence-electron chi connectivity index (χ1n) is 10.7. The van der Waals surface area contributed by atoms with E-state index in [-0.39, 0.29) is 24.3 Å². The first-order valence-corrected chi connectivity index (χ1v) is 10.7. The van der Waals surface area contributed by atoms with Crippen molar-refractivity contribution in [1.82, 2.24) is 10.2 Å². The maximum atomic E-state index is 13.5. The predicted molar refractivity (Wildman–Crippen MR) is 124 cm³/mol. The molecule has 2 amide bonds. The first kappa shape index (κ1) is 22.3. The zero-order chi connectivity index (χ0) is 22.1. The Balaban J connectivity index is 1.93. The van der Waals surface area contributed by atoms with Crippen molar-refractivity contribution < 1.29 is 9.59 Å². The normalized spacial score (nSPS) is 11.7. The third-order valence-corrected chi connectivity index (χ3v) is 5.10. The molecule has 0 aliphatic carbocycles. The van der Waals surface area contributed by atoms with Gasteiger partial charge in [0, 0.05) is 19.0 Å². The number of hydrogen-bond acceptors (Lipinski definition) is 2. The summed E-state index contributed by atoms with van der Waals surface area (Å²) in [6, 6.07) is 28.8. The Labute approximate surface area is 184 Å². The Kier molecular flexibility index (Phi) is 7.99. The summed E-state index contributed by atoms with van der Waals surface area (Å²) >= 11 is 0. The van der Waals surface area contributed by atoms with Crippen molar-refractivity contribution in [2.24, 2.45) is 0 Å². The zero-order valence-electron chi connectivity index (χ0n) is 18.2. The molecule has 1 unspecified atom stereocenters. The van der Waals surface area contributed by atoms with Crippen LogP contribution in [-0.2, 0) is 29.0 Å². The van der Waals surface area contributed by atoms with Crippen LogP contribution in [0.2, 0.25) is 0 Å². The predicted octanol–water partition coefficient (Wildman–Crippen LogP) is 4.39. The third-order valence-electron chi connectivity index (χ3n) is 5.10. The fourth-order valence-electron chi connectivity index (χ4n) is 3.59. The summed E-state index contributed by atoms with van der Waals surface area (Å²) in [5, 5.41) is 3.02. The Hall–Kier alpha value is -3.40. The number of amides is 2. The molecule has 0 heterocycles. The molecule has 0 saturated carbocycles. The lowest BCUT2D eigenvalue weighted by atomic mass is 10.0. The Morgan fingerprint density at radius 3 is 1.74 bits per heavy atom. The molecular formula is C27H30N2O2. The molecule has 0 aliphatic heterocycles. The van der Waals surface area contributed by atoms with Gasteiger partial charge in [-0.3, -0.25) is 9.59 Å². The van der Waals surface area contributed by atoms with Crippen molar-refractivity contribution in [3.63, 3.8) is 0 Å². The lowest BCUT2D eigenvalue weighted by Gasteiger charge is -2.32. The topological polar surface area (TPSA) is 49.4 Å². The van der Waals surface area contributed by atoms with Crippen LogP contribution in [0.1, 0.15) is 30.5 Å². The molecule has 160 valence electrons. The monoisotopic (exact) mass is 414 g/mol. The Bertz CT molecular complexity index is 956. The number of carbonyl (C=O) groups excluding carboxylic acids is 2. The van der Waals surface area contributed by atoms with Crippen molar-refractivity contribution in [3.05, 3.63) is 108 Å². The van der Waals surface area contributed by atoms with Gasteiger partial charge in [0.05, 0.1) is 6.42 Å². The highest BCUT2D eigenvalue weighted by atomic mass is 16.2. The number of carbonyl (C=O) groups is 2. The van der Waals surface area contributed by atoms with Crippen LogP contribution in [0.25, 0.3) is 0 Å². The van der Waals surface area contributed by atoms with Crippen LogP contribution in [0.4, 0.5) is 0 Å². The Morgan fingerprint density at radius 1 is 0.742 bits per heavy atom. The van der Waals surface area contributed by atoms with Gasteiger partial charge >= 0.3 is 0 Å². The van der Waals surface area contributed by atoms with Crippen LogP contribution in [0.5, 0.6) is 0 Å². The molecule has 1 atom stereocenters. The molecule has 0 aromatic heterocycles. The van der Waals surface area contributed by atoms with Gasteiger partial charge in [0.2, 0.25) is 11.8 Å². The van der Waals surface area contributed by atoms with Crippen LogP contribution in [0.15, 0.2) is 91.0 Å². The molecule has 3 aromatic rings. The second-order valence-electron chi connectivity index (χ2n) is 8.04. The molecule has 0 saturated heterocycles. The lowest BCUT2D eigenvalue weighted by Crippen LogP contribution is -2.52. The summed E-state index contributed by atoms with van der Waals surface area (Å²) in [5.74, 6) is -0.189. The van der Waals surface area contributed by atoms with Crippen LogP contribution >= 0.6 is 0 Å². The summed E-state index contributed by atoms with van der Waals surface area (Å²) in [5.41, 5.74) is 2.96. The summed E-state index contributed by atoms with van der Waals surface area (Å²) in [6.07, 6.45) is 0.723. The zero-order valence-corrected chi connectivity index (χ0v) is 18.2. The summed E-state index contributed by atoms with van der Waals surface area (Å²) in [6.45, 7) is 4.26. The highest BCUT2D eigenvalue weighted by Gasteiger charge is 2.30. The lowest BCUT2D eigenvalue weighted by molar-refractivity contribution is -0.141. The largest absolute Gasteiger partial charge is 0.352 e. The molecule has 4 nitrogen and oxygen atoms in total. The van der Waals surface area contributed by atoms with Gasteiger partial charge in [0.25, 0.3) is 0 Å². The molecule has 0 radical (unpaired) electrons. The molecule has 0 fully saturated rings. The minimum atomic E-state index is -0.596. The molecule has 3 aromatic carbocycles. The quantitative estimate of drug-likeness (QED) is 0.564. The average molecular weight is 415 g/mol. The van der Waals surface area contributed by atoms with E-state index in [9.17, 15) is 9.59 Å². The van der Waals surface area contributed by atoms with Crippen LogP contribution in [0.3, 0.4) is 0 Å². The fourth-order valence-corrected chi connectivity index (χ4v) is 3.59. The maximum absolute atomic E-state index is 13.5. The van der Waals surface area contributed by atoms with Gasteiger partial charge in [0.15, 0.2) is 0 Å². The molecule has 4 heteroatoms. The van der Waals surface area contributed by atoms with E-state index in [1.807, 2.05) is 105 Å². The second kappa shape index (κ2) is 11.1. The molecule has 31 heavy (non-hydrogen) atoms. The van der Waals surface area contributed by atoms with Crippen molar-refractivity contribution in [3.8, 4) is 0 Å². The highest BCUT2D eigenvalue weighted by Crippen LogP contribution is 2.16. The van der Waals surface area contributed by atoms with Gasteiger partial charge in [-0.25, -0.2) is 0 Å². The van der Waals surface area contributed by atoms with E-state index in [4.69, 9.17) is 0 Å². The van der Waals surface area contributed by atoms with Crippen LogP contribution in [-0.4, -0.2) is 28.8 Å². The standard InChI is InChI=1S/C27H30N2O2/c1-21(2)28-27(31)25(18-22-12-6-3-7-13-22)29(20-24-16-10-5-11-17-24)26(30)19-23-14-8-4-9-15-23/h3-17,21,25H,18-20H2,1-2H3,(H,28,31). The van der Waals surface area contributed by atoms with E-state index in [1.165, 1.54) is 0 Å². The van der Waals surface area contributed by atoms with Gasteiger partial charge in [-0.2, -0.15) is 0 Å².